The fraction of sp³-hybridized carbons (Fsp3) is 0.444. The number of aromatic nitrogens is 2. The molecule has 1 heterocycles. The van der Waals surface area contributed by atoms with E-state index in [2.05, 4.69) is 23.3 Å². The lowest BCUT2D eigenvalue weighted by atomic mass is 10.3. The Hall–Kier alpha value is -1.27. The molecule has 64 valence electrons. The molecular formula is C9H13N3. The molecule has 0 aromatic carbocycles. The molecule has 0 amide bonds. The van der Waals surface area contributed by atoms with Crippen molar-refractivity contribution in [1.29, 1.82) is 0 Å². The van der Waals surface area contributed by atoms with Gasteiger partial charge < -0.3 is 5.32 Å². The second-order valence-electron chi connectivity index (χ2n) is 2.67. The number of hydrogen-bond acceptors (Lipinski definition) is 2. The molecule has 1 rings (SSSR count). The lowest BCUT2D eigenvalue weighted by Crippen LogP contribution is -2.23. The second kappa shape index (κ2) is 4.58. The van der Waals surface area contributed by atoms with Gasteiger partial charge in [-0.2, -0.15) is 5.10 Å². The molecule has 0 radical (unpaired) electrons. The van der Waals surface area contributed by atoms with Crippen molar-refractivity contribution in [2.24, 2.45) is 0 Å². The molecule has 0 bridgehead atoms. The highest BCUT2D eigenvalue weighted by atomic mass is 15.3. The van der Waals surface area contributed by atoms with Crippen LogP contribution in [-0.4, -0.2) is 22.9 Å². The lowest BCUT2D eigenvalue weighted by Gasteiger charge is -2.11. The zero-order valence-electron chi connectivity index (χ0n) is 7.20. The zero-order valence-corrected chi connectivity index (χ0v) is 7.20. The Kier molecular flexibility index (Phi) is 3.36. The van der Waals surface area contributed by atoms with E-state index in [1.807, 2.05) is 16.9 Å². The number of nitrogens with zero attached hydrogens (tertiary/aromatic N) is 2. The standard InChI is InChI=1S/C9H13N3/c1-3-5-10-8-9(2)12-7-4-6-11-12/h1,4,6-7,9-10H,5,8H2,2H3. The van der Waals surface area contributed by atoms with Gasteiger partial charge in [0.05, 0.1) is 12.6 Å². The second-order valence-corrected chi connectivity index (χ2v) is 2.67. The van der Waals surface area contributed by atoms with Crippen LogP contribution < -0.4 is 5.32 Å². The molecule has 0 aliphatic heterocycles. The van der Waals surface area contributed by atoms with Gasteiger partial charge in [0.15, 0.2) is 0 Å². The van der Waals surface area contributed by atoms with Crippen molar-refractivity contribution in [3.8, 4) is 12.3 Å². The van der Waals surface area contributed by atoms with E-state index in [1.165, 1.54) is 0 Å². The molecule has 1 aromatic rings. The molecule has 0 saturated carbocycles. The maximum Gasteiger partial charge on any atom is 0.0615 e. The molecule has 0 aliphatic rings. The van der Waals surface area contributed by atoms with Crippen molar-refractivity contribution in [3.05, 3.63) is 18.5 Å². The number of terminal acetylenes is 1. The highest BCUT2D eigenvalue weighted by Crippen LogP contribution is 1.99. The Balaban J connectivity index is 2.30. The van der Waals surface area contributed by atoms with Gasteiger partial charge in [-0.05, 0) is 13.0 Å². The summed E-state index contributed by atoms with van der Waals surface area (Å²) in [4.78, 5) is 0. The van der Waals surface area contributed by atoms with Crippen LogP contribution in [0.15, 0.2) is 18.5 Å². The highest BCUT2D eigenvalue weighted by Gasteiger charge is 2.01. The van der Waals surface area contributed by atoms with E-state index in [9.17, 15) is 0 Å². The summed E-state index contributed by atoms with van der Waals surface area (Å²) in [5.74, 6) is 2.53. The number of hydrogen-bond donors (Lipinski definition) is 1. The van der Waals surface area contributed by atoms with Gasteiger partial charge >= 0.3 is 0 Å². The van der Waals surface area contributed by atoms with Crippen molar-refractivity contribution >= 4 is 0 Å². The van der Waals surface area contributed by atoms with Crippen LogP contribution in [-0.2, 0) is 0 Å². The Morgan fingerprint density at radius 1 is 1.75 bits per heavy atom. The molecule has 1 N–H and O–H groups in total. The molecule has 0 aliphatic carbocycles. The van der Waals surface area contributed by atoms with E-state index in [1.54, 1.807) is 6.20 Å². The number of rotatable bonds is 4. The zero-order chi connectivity index (χ0) is 8.81. The minimum Gasteiger partial charge on any atom is -0.304 e. The first-order chi connectivity index (χ1) is 5.84. The van der Waals surface area contributed by atoms with Crippen LogP contribution in [0.2, 0.25) is 0 Å². The van der Waals surface area contributed by atoms with Gasteiger partial charge in [-0.15, -0.1) is 6.42 Å². The van der Waals surface area contributed by atoms with Crippen LogP contribution in [0.5, 0.6) is 0 Å². The van der Waals surface area contributed by atoms with Gasteiger partial charge in [-0.25, -0.2) is 0 Å². The molecule has 3 nitrogen and oxygen atoms in total. The molecule has 3 heteroatoms. The fourth-order valence-corrected chi connectivity index (χ4v) is 0.988. The van der Waals surface area contributed by atoms with Crippen molar-refractivity contribution < 1.29 is 0 Å². The van der Waals surface area contributed by atoms with E-state index < -0.39 is 0 Å². The maximum atomic E-state index is 5.10. The average molecular weight is 163 g/mol. The predicted octanol–water partition coefficient (Wildman–Crippen LogP) is 0.667. The smallest absolute Gasteiger partial charge is 0.0615 e. The van der Waals surface area contributed by atoms with Crippen LogP contribution in [0.4, 0.5) is 0 Å². The van der Waals surface area contributed by atoms with Gasteiger partial charge in [0.25, 0.3) is 0 Å². The summed E-state index contributed by atoms with van der Waals surface area (Å²) >= 11 is 0. The summed E-state index contributed by atoms with van der Waals surface area (Å²) in [7, 11) is 0. The quantitative estimate of drug-likeness (QED) is 0.522. The molecule has 1 unspecified atom stereocenters. The van der Waals surface area contributed by atoms with E-state index in [0.717, 1.165) is 6.54 Å². The minimum atomic E-state index is 0.355. The Labute approximate surface area is 72.8 Å². The fourth-order valence-electron chi connectivity index (χ4n) is 0.988. The molecule has 1 atom stereocenters. The van der Waals surface area contributed by atoms with Crippen LogP contribution in [0, 0.1) is 12.3 Å². The molecule has 0 fully saturated rings. The van der Waals surface area contributed by atoms with Gasteiger partial charge in [0.1, 0.15) is 0 Å². The minimum absolute atomic E-state index is 0.355. The predicted molar refractivity (Wildman–Crippen MR) is 48.6 cm³/mol. The van der Waals surface area contributed by atoms with E-state index in [4.69, 9.17) is 6.42 Å². The largest absolute Gasteiger partial charge is 0.304 e. The Morgan fingerprint density at radius 3 is 3.17 bits per heavy atom. The third-order valence-corrected chi connectivity index (χ3v) is 1.64. The van der Waals surface area contributed by atoms with Crippen molar-refractivity contribution in [2.45, 2.75) is 13.0 Å². The third-order valence-electron chi connectivity index (χ3n) is 1.64. The van der Waals surface area contributed by atoms with Crippen LogP contribution in [0.25, 0.3) is 0 Å². The normalized spacial score (nSPS) is 12.3. The summed E-state index contributed by atoms with van der Waals surface area (Å²) in [5.41, 5.74) is 0. The summed E-state index contributed by atoms with van der Waals surface area (Å²) in [6.07, 6.45) is 8.82. The number of nitrogens with one attached hydrogen (secondary N) is 1. The monoisotopic (exact) mass is 163 g/mol. The molecular weight excluding hydrogens is 150 g/mol. The van der Waals surface area contributed by atoms with Gasteiger partial charge in [-0.3, -0.25) is 4.68 Å². The Morgan fingerprint density at radius 2 is 2.58 bits per heavy atom. The Bertz CT molecular complexity index is 245. The molecule has 1 aromatic heterocycles. The first-order valence-corrected chi connectivity index (χ1v) is 3.98. The van der Waals surface area contributed by atoms with E-state index in [0.29, 0.717) is 12.6 Å². The van der Waals surface area contributed by atoms with Crippen molar-refractivity contribution in [1.82, 2.24) is 15.1 Å². The molecule has 0 saturated heterocycles. The highest BCUT2D eigenvalue weighted by molar-refractivity contribution is 4.87. The van der Waals surface area contributed by atoms with Crippen molar-refractivity contribution in [2.75, 3.05) is 13.1 Å². The van der Waals surface area contributed by atoms with Crippen LogP contribution in [0.1, 0.15) is 13.0 Å². The summed E-state index contributed by atoms with van der Waals surface area (Å²) in [6, 6.07) is 2.27. The van der Waals surface area contributed by atoms with Crippen LogP contribution in [0.3, 0.4) is 0 Å². The van der Waals surface area contributed by atoms with Gasteiger partial charge in [0.2, 0.25) is 0 Å². The van der Waals surface area contributed by atoms with E-state index in [-0.39, 0.29) is 0 Å². The molecule has 12 heavy (non-hydrogen) atoms. The SMILES string of the molecule is C#CCNCC(C)n1cccn1. The lowest BCUT2D eigenvalue weighted by molar-refractivity contribution is 0.465. The van der Waals surface area contributed by atoms with Gasteiger partial charge in [-0.1, -0.05) is 5.92 Å². The third kappa shape index (κ3) is 2.40. The average Bonchev–Trinajstić information content (AvgIpc) is 2.56. The molecule has 0 spiro atoms. The topological polar surface area (TPSA) is 29.9 Å². The van der Waals surface area contributed by atoms with E-state index >= 15 is 0 Å². The summed E-state index contributed by atoms with van der Waals surface area (Å²) < 4.78 is 1.91. The van der Waals surface area contributed by atoms with Crippen molar-refractivity contribution in [3.63, 3.8) is 0 Å². The first kappa shape index (κ1) is 8.82. The summed E-state index contributed by atoms with van der Waals surface area (Å²) in [6.45, 7) is 3.56. The van der Waals surface area contributed by atoms with Crippen LogP contribution >= 0.6 is 0 Å². The maximum absolute atomic E-state index is 5.10. The summed E-state index contributed by atoms with van der Waals surface area (Å²) in [5, 5.41) is 7.25. The first-order valence-electron chi connectivity index (χ1n) is 3.98. The van der Waals surface area contributed by atoms with Gasteiger partial charge in [0, 0.05) is 18.9 Å².